The van der Waals surface area contributed by atoms with E-state index in [2.05, 4.69) is 21.2 Å². The highest BCUT2D eigenvalue weighted by Crippen LogP contribution is 2.36. The Morgan fingerprint density at radius 1 is 1.27 bits per heavy atom. The van der Waals surface area contributed by atoms with Gasteiger partial charge >= 0.3 is 0 Å². The summed E-state index contributed by atoms with van der Waals surface area (Å²) >= 11 is 3.37. The summed E-state index contributed by atoms with van der Waals surface area (Å²) in [6.45, 7) is 2.32. The van der Waals surface area contributed by atoms with Crippen molar-refractivity contribution in [3.8, 4) is 17.2 Å². The maximum atomic E-state index is 12.3. The number of hydrogen-bond acceptors (Lipinski definition) is 4. The van der Waals surface area contributed by atoms with Crippen LogP contribution in [-0.4, -0.2) is 24.7 Å². The number of halogens is 1. The lowest BCUT2D eigenvalue weighted by atomic mass is 10.1. The normalized spacial score (nSPS) is 10.1. The van der Waals surface area contributed by atoms with Crippen LogP contribution in [0.25, 0.3) is 0 Å². The van der Waals surface area contributed by atoms with Gasteiger partial charge in [0, 0.05) is 11.3 Å². The molecule has 116 valence electrons. The second-order valence-corrected chi connectivity index (χ2v) is 5.28. The van der Waals surface area contributed by atoms with Gasteiger partial charge in [-0.05, 0) is 59.3 Å². The van der Waals surface area contributed by atoms with Gasteiger partial charge in [-0.3, -0.25) is 4.79 Å². The van der Waals surface area contributed by atoms with Gasteiger partial charge in [0.15, 0.2) is 11.5 Å². The summed E-state index contributed by atoms with van der Waals surface area (Å²) < 4.78 is 11.4. The lowest BCUT2D eigenvalue weighted by Crippen LogP contribution is -2.12. The predicted octanol–water partition coefficient (Wildman–Crippen LogP) is 3.81. The van der Waals surface area contributed by atoms with Crippen LogP contribution in [0.1, 0.15) is 17.3 Å². The highest BCUT2D eigenvalue weighted by molar-refractivity contribution is 9.10. The number of rotatable bonds is 5. The van der Waals surface area contributed by atoms with Gasteiger partial charge < -0.3 is 19.9 Å². The predicted molar refractivity (Wildman–Crippen MR) is 87.9 cm³/mol. The van der Waals surface area contributed by atoms with E-state index in [0.717, 1.165) is 0 Å². The Labute approximate surface area is 137 Å². The van der Waals surface area contributed by atoms with Gasteiger partial charge in [-0.25, -0.2) is 0 Å². The van der Waals surface area contributed by atoms with Crippen molar-refractivity contribution in [2.45, 2.75) is 6.92 Å². The van der Waals surface area contributed by atoms with Crippen LogP contribution >= 0.6 is 15.9 Å². The minimum absolute atomic E-state index is 0.142. The summed E-state index contributed by atoms with van der Waals surface area (Å²) in [5.74, 6) is 0.900. The van der Waals surface area contributed by atoms with E-state index in [9.17, 15) is 9.90 Å². The van der Waals surface area contributed by atoms with Crippen molar-refractivity contribution in [3.63, 3.8) is 0 Å². The SMILES string of the molecule is CCOc1cc(C(=O)Nc2ccc(O)cc2)cc(Br)c1OC. The molecular formula is C16H16BrNO4. The molecule has 0 unspecified atom stereocenters. The molecule has 0 fully saturated rings. The minimum atomic E-state index is -0.282. The highest BCUT2D eigenvalue weighted by atomic mass is 79.9. The molecule has 2 rings (SSSR count). The number of carbonyl (C=O) groups is 1. The first-order valence-electron chi connectivity index (χ1n) is 6.66. The molecule has 0 radical (unpaired) electrons. The Morgan fingerprint density at radius 3 is 2.55 bits per heavy atom. The van der Waals surface area contributed by atoms with Gasteiger partial charge in [0.1, 0.15) is 5.75 Å². The molecule has 2 aromatic rings. The van der Waals surface area contributed by atoms with Crippen molar-refractivity contribution in [1.29, 1.82) is 0 Å². The molecule has 0 aliphatic rings. The average molecular weight is 366 g/mol. The zero-order chi connectivity index (χ0) is 16.1. The zero-order valence-corrected chi connectivity index (χ0v) is 13.8. The number of aromatic hydroxyl groups is 1. The van der Waals surface area contributed by atoms with E-state index >= 15 is 0 Å². The van der Waals surface area contributed by atoms with Crippen LogP contribution in [0, 0.1) is 0 Å². The smallest absolute Gasteiger partial charge is 0.255 e. The van der Waals surface area contributed by atoms with Crippen LogP contribution in [-0.2, 0) is 0 Å². The van der Waals surface area contributed by atoms with Crippen molar-refractivity contribution < 1.29 is 19.4 Å². The van der Waals surface area contributed by atoms with Crippen LogP contribution in [0.5, 0.6) is 17.2 Å². The molecule has 2 N–H and O–H groups in total. The Balaban J connectivity index is 2.27. The van der Waals surface area contributed by atoms with Crippen molar-refractivity contribution >= 4 is 27.5 Å². The molecule has 1 amide bonds. The number of benzene rings is 2. The summed E-state index contributed by atoms with van der Waals surface area (Å²) in [6, 6.07) is 9.54. The lowest BCUT2D eigenvalue weighted by Gasteiger charge is -2.13. The Bertz CT molecular complexity index is 671. The lowest BCUT2D eigenvalue weighted by molar-refractivity contribution is 0.102. The molecule has 0 saturated heterocycles. The quantitative estimate of drug-likeness (QED) is 0.790. The minimum Gasteiger partial charge on any atom is -0.508 e. The van der Waals surface area contributed by atoms with Crippen LogP contribution in [0.15, 0.2) is 40.9 Å². The van der Waals surface area contributed by atoms with Crippen LogP contribution < -0.4 is 14.8 Å². The number of nitrogens with one attached hydrogen (secondary N) is 1. The largest absolute Gasteiger partial charge is 0.508 e. The summed E-state index contributed by atoms with van der Waals surface area (Å²) in [6.07, 6.45) is 0. The first-order chi connectivity index (χ1) is 10.5. The standard InChI is InChI=1S/C16H16BrNO4/c1-3-22-14-9-10(8-13(17)15(14)21-2)16(20)18-11-4-6-12(19)7-5-11/h4-9,19H,3H2,1-2H3,(H,18,20). The number of phenolic OH excluding ortho intramolecular Hbond substituents is 1. The van der Waals surface area contributed by atoms with E-state index in [0.29, 0.717) is 33.8 Å². The van der Waals surface area contributed by atoms with Gasteiger partial charge in [-0.2, -0.15) is 0 Å². The third kappa shape index (κ3) is 3.71. The monoisotopic (exact) mass is 365 g/mol. The number of amides is 1. The maximum absolute atomic E-state index is 12.3. The van der Waals surface area contributed by atoms with E-state index in [1.54, 1.807) is 31.4 Å². The molecule has 0 bridgehead atoms. The fraction of sp³-hybridized carbons (Fsp3) is 0.188. The fourth-order valence-electron chi connectivity index (χ4n) is 1.91. The van der Waals surface area contributed by atoms with Crippen LogP contribution in [0.4, 0.5) is 5.69 Å². The zero-order valence-electron chi connectivity index (χ0n) is 12.2. The summed E-state index contributed by atoms with van der Waals surface area (Å²) in [5, 5.41) is 12.0. The Kier molecular flexibility index (Phi) is 5.27. The number of ether oxygens (including phenoxy) is 2. The first kappa shape index (κ1) is 16.2. The third-order valence-corrected chi connectivity index (χ3v) is 3.49. The number of hydrogen-bond donors (Lipinski definition) is 2. The molecule has 22 heavy (non-hydrogen) atoms. The van der Waals surface area contributed by atoms with E-state index in [4.69, 9.17) is 9.47 Å². The van der Waals surface area contributed by atoms with E-state index < -0.39 is 0 Å². The van der Waals surface area contributed by atoms with Crippen molar-refractivity contribution in [2.24, 2.45) is 0 Å². The summed E-state index contributed by atoms with van der Waals surface area (Å²) in [5.41, 5.74) is 1.02. The molecule has 0 heterocycles. The van der Waals surface area contributed by atoms with E-state index in [1.807, 2.05) is 6.92 Å². The average Bonchev–Trinajstić information content (AvgIpc) is 2.49. The third-order valence-electron chi connectivity index (χ3n) is 2.90. The van der Waals surface area contributed by atoms with E-state index in [1.165, 1.54) is 12.1 Å². The second kappa shape index (κ2) is 7.17. The number of methoxy groups -OCH3 is 1. The maximum Gasteiger partial charge on any atom is 0.255 e. The molecule has 5 nitrogen and oxygen atoms in total. The van der Waals surface area contributed by atoms with Crippen molar-refractivity contribution in [1.82, 2.24) is 0 Å². The molecule has 0 atom stereocenters. The topological polar surface area (TPSA) is 67.8 Å². The number of carbonyl (C=O) groups excluding carboxylic acids is 1. The molecule has 0 aromatic heterocycles. The van der Waals surface area contributed by atoms with Crippen molar-refractivity contribution in [2.75, 3.05) is 19.0 Å². The second-order valence-electron chi connectivity index (χ2n) is 4.42. The van der Waals surface area contributed by atoms with Gasteiger partial charge in [0.25, 0.3) is 5.91 Å². The van der Waals surface area contributed by atoms with Crippen LogP contribution in [0.2, 0.25) is 0 Å². The first-order valence-corrected chi connectivity index (χ1v) is 7.45. The van der Waals surface area contributed by atoms with Gasteiger partial charge in [-0.15, -0.1) is 0 Å². The van der Waals surface area contributed by atoms with Gasteiger partial charge in [-0.1, -0.05) is 0 Å². The number of phenols is 1. The molecule has 0 aliphatic heterocycles. The highest BCUT2D eigenvalue weighted by Gasteiger charge is 2.15. The Morgan fingerprint density at radius 2 is 1.95 bits per heavy atom. The molecule has 0 saturated carbocycles. The molecular weight excluding hydrogens is 350 g/mol. The molecule has 6 heteroatoms. The Hall–Kier alpha value is -2.21. The summed E-state index contributed by atoms with van der Waals surface area (Å²) in [7, 11) is 1.54. The van der Waals surface area contributed by atoms with Crippen molar-refractivity contribution in [3.05, 3.63) is 46.4 Å². The van der Waals surface area contributed by atoms with Gasteiger partial charge in [0.2, 0.25) is 0 Å². The summed E-state index contributed by atoms with van der Waals surface area (Å²) in [4.78, 5) is 12.3. The molecule has 0 aliphatic carbocycles. The molecule has 2 aromatic carbocycles. The molecule has 0 spiro atoms. The fourth-order valence-corrected chi connectivity index (χ4v) is 2.51. The van der Waals surface area contributed by atoms with E-state index in [-0.39, 0.29) is 11.7 Å². The van der Waals surface area contributed by atoms with Gasteiger partial charge in [0.05, 0.1) is 18.2 Å². The van der Waals surface area contributed by atoms with Crippen LogP contribution in [0.3, 0.4) is 0 Å². The number of anilines is 1.